The van der Waals surface area contributed by atoms with Crippen molar-refractivity contribution in [3.05, 3.63) is 71.9 Å². The highest BCUT2D eigenvalue weighted by Gasteiger charge is 2.23. The van der Waals surface area contributed by atoms with Gasteiger partial charge in [0.25, 0.3) is 0 Å². The van der Waals surface area contributed by atoms with Gasteiger partial charge >= 0.3 is 0 Å². The van der Waals surface area contributed by atoms with E-state index in [0.29, 0.717) is 0 Å². The fourth-order valence-electron chi connectivity index (χ4n) is 4.52. The minimum Gasteiger partial charge on any atom is -0.354 e. The van der Waals surface area contributed by atoms with Gasteiger partial charge in [-0.15, -0.1) is 0 Å². The molecule has 1 saturated heterocycles. The maximum atomic E-state index is 5.12. The van der Waals surface area contributed by atoms with Crippen molar-refractivity contribution in [3.8, 4) is 22.4 Å². The van der Waals surface area contributed by atoms with Crippen LogP contribution in [-0.2, 0) is 0 Å². The minimum absolute atomic E-state index is 0.928. The van der Waals surface area contributed by atoms with Crippen LogP contribution in [0.25, 0.3) is 28.0 Å². The molecule has 0 saturated carbocycles. The number of piperazine rings is 1. The van der Waals surface area contributed by atoms with Gasteiger partial charge in [-0.3, -0.25) is 0 Å². The average Bonchev–Trinajstić information content (AvgIpc) is 3.15. The highest BCUT2D eigenvalue weighted by molar-refractivity contribution is 5.83. The number of hydrogen-bond donors (Lipinski definition) is 0. The van der Waals surface area contributed by atoms with Gasteiger partial charge in [-0.1, -0.05) is 67.1 Å². The van der Waals surface area contributed by atoms with Gasteiger partial charge in [-0.25, -0.2) is 4.98 Å². The second kappa shape index (κ2) is 8.16. The number of benzene rings is 2. The number of aromatic nitrogens is 3. The van der Waals surface area contributed by atoms with E-state index in [-0.39, 0.29) is 0 Å². The van der Waals surface area contributed by atoms with Gasteiger partial charge in [0, 0.05) is 43.4 Å². The molecule has 0 N–H and O–H groups in total. The summed E-state index contributed by atoms with van der Waals surface area (Å²) in [5.41, 5.74) is 7.60. The Kier molecular flexibility index (Phi) is 5.20. The van der Waals surface area contributed by atoms with Crippen molar-refractivity contribution >= 4 is 11.5 Å². The average molecular weight is 412 g/mol. The van der Waals surface area contributed by atoms with Crippen molar-refractivity contribution in [1.29, 1.82) is 0 Å². The first kappa shape index (κ1) is 19.8. The Bertz CT molecular complexity index is 1200. The molecule has 2 aromatic heterocycles. The highest BCUT2D eigenvalue weighted by atomic mass is 15.4. The van der Waals surface area contributed by atoms with E-state index in [4.69, 9.17) is 10.1 Å². The lowest BCUT2D eigenvalue weighted by atomic mass is 10.0. The van der Waals surface area contributed by atoms with Crippen molar-refractivity contribution in [3.63, 3.8) is 0 Å². The molecule has 1 fully saturated rings. The molecule has 0 radical (unpaired) electrons. The Labute approximate surface area is 184 Å². The van der Waals surface area contributed by atoms with E-state index in [9.17, 15) is 0 Å². The molecule has 158 valence electrons. The van der Waals surface area contributed by atoms with E-state index < -0.39 is 0 Å². The predicted molar refractivity (Wildman–Crippen MR) is 128 cm³/mol. The van der Waals surface area contributed by atoms with Crippen molar-refractivity contribution < 1.29 is 0 Å². The Morgan fingerprint density at radius 3 is 2.29 bits per heavy atom. The zero-order valence-electron chi connectivity index (χ0n) is 18.5. The summed E-state index contributed by atoms with van der Waals surface area (Å²) in [5, 5.41) is 4.97. The fraction of sp³-hybridized carbons (Fsp3) is 0.308. The molecule has 3 heterocycles. The van der Waals surface area contributed by atoms with Gasteiger partial charge < -0.3 is 9.80 Å². The summed E-state index contributed by atoms with van der Waals surface area (Å²) in [5.74, 6) is 1.13. The van der Waals surface area contributed by atoms with Crippen LogP contribution < -0.4 is 4.90 Å². The second-order valence-electron chi connectivity index (χ2n) is 8.35. The number of hydrogen-bond acceptors (Lipinski definition) is 4. The Hall–Kier alpha value is -3.18. The van der Waals surface area contributed by atoms with Crippen LogP contribution in [0.1, 0.15) is 18.2 Å². The third kappa shape index (κ3) is 3.70. The zero-order chi connectivity index (χ0) is 21.4. The lowest BCUT2D eigenvalue weighted by Gasteiger charge is -2.35. The largest absolute Gasteiger partial charge is 0.354 e. The van der Waals surface area contributed by atoms with Gasteiger partial charge in [-0.2, -0.15) is 9.61 Å². The molecule has 31 heavy (non-hydrogen) atoms. The molecule has 1 aliphatic rings. The first-order valence-corrected chi connectivity index (χ1v) is 11.1. The SMILES string of the molecule is CCN1CCN(c2cc(-c3ccccc3)nc3c(-c4cccc(C)c4)c(C)nn23)CC1. The summed E-state index contributed by atoms with van der Waals surface area (Å²) in [6.07, 6.45) is 0. The molecule has 4 aromatic rings. The molecule has 0 amide bonds. The fourth-order valence-corrected chi connectivity index (χ4v) is 4.52. The van der Waals surface area contributed by atoms with Crippen LogP contribution in [0, 0.1) is 13.8 Å². The number of aryl methyl sites for hydroxylation is 2. The van der Waals surface area contributed by atoms with Crippen molar-refractivity contribution in [2.45, 2.75) is 20.8 Å². The molecule has 0 unspecified atom stereocenters. The third-order valence-electron chi connectivity index (χ3n) is 6.27. The van der Waals surface area contributed by atoms with Gasteiger partial charge in [0.05, 0.1) is 11.4 Å². The van der Waals surface area contributed by atoms with Crippen LogP contribution in [-0.4, -0.2) is 52.2 Å². The Morgan fingerprint density at radius 2 is 1.58 bits per heavy atom. The van der Waals surface area contributed by atoms with E-state index in [1.54, 1.807) is 0 Å². The third-order valence-corrected chi connectivity index (χ3v) is 6.27. The molecule has 0 atom stereocenters. The monoisotopic (exact) mass is 411 g/mol. The lowest BCUT2D eigenvalue weighted by molar-refractivity contribution is 0.270. The van der Waals surface area contributed by atoms with Crippen LogP contribution in [0.4, 0.5) is 5.82 Å². The second-order valence-corrected chi connectivity index (χ2v) is 8.35. The lowest BCUT2D eigenvalue weighted by Crippen LogP contribution is -2.46. The summed E-state index contributed by atoms with van der Waals surface area (Å²) in [6, 6.07) is 21.3. The van der Waals surface area contributed by atoms with Gasteiger partial charge in [0.2, 0.25) is 0 Å². The van der Waals surface area contributed by atoms with Crippen molar-refractivity contribution in [1.82, 2.24) is 19.5 Å². The number of likely N-dealkylation sites (N-methyl/N-ethyl adjacent to an activating group) is 1. The first-order valence-electron chi connectivity index (χ1n) is 11.1. The van der Waals surface area contributed by atoms with Crippen molar-refractivity contribution in [2.75, 3.05) is 37.6 Å². The number of nitrogens with zero attached hydrogens (tertiary/aromatic N) is 5. The first-order chi connectivity index (χ1) is 15.1. The molecule has 2 aromatic carbocycles. The number of fused-ring (bicyclic) bond motifs is 1. The summed E-state index contributed by atoms with van der Waals surface area (Å²) in [4.78, 5) is 10.1. The number of anilines is 1. The predicted octanol–water partition coefficient (Wildman–Crippen LogP) is 4.82. The Morgan fingerprint density at radius 1 is 0.839 bits per heavy atom. The maximum Gasteiger partial charge on any atom is 0.166 e. The van der Waals surface area contributed by atoms with Gasteiger partial charge in [0.1, 0.15) is 5.82 Å². The Balaban J connectivity index is 1.71. The maximum absolute atomic E-state index is 5.12. The molecule has 0 bridgehead atoms. The van der Waals surface area contributed by atoms with Crippen LogP contribution in [0.15, 0.2) is 60.7 Å². The smallest absolute Gasteiger partial charge is 0.166 e. The van der Waals surface area contributed by atoms with E-state index in [0.717, 1.165) is 66.7 Å². The molecule has 1 aliphatic heterocycles. The molecular formula is C26H29N5. The van der Waals surface area contributed by atoms with Crippen LogP contribution >= 0.6 is 0 Å². The summed E-state index contributed by atoms with van der Waals surface area (Å²) in [6.45, 7) is 11.7. The summed E-state index contributed by atoms with van der Waals surface area (Å²) in [7, 11) is 0. The molecule has 0 spiro atoms. The normalized spacial score (nSPS) is 15.0. The molecule has 5 heteroatoms. The summed E-state index contributed by atoms with van der Waals surface area (Å²) >= 11 is 0. The molecule has 5 rings (SSSR count). The van der Waals surface area contributed by atoms with Crippen LogP contribution in [0.2, 0.25) is 0 Å². The zero-order valence-corrected chi connectivity index (χ0v) is 18.5. The molecular weight excluding hydrogens is 382 g/mol. The van der Waals surface area contributed by atoms with E-state index in [1.165, 1.54) is 11.1 Å². The quantitative estimate of drug-likeness (QED) is 0.482. The van der Waals surface area contributed by atoms with Crippen LogP contribution in [0.3, 0.4) is 0 Å². The van der Waals surface area contributed by atoms with Gasteiger partial charge in [0.15, 0.2) is 5.65 Å². The molecule has 0 aliphatic carbocycles. The van der Waals surface area contributed by atoms with Crippen LogP contribution in [0.5, 0.6) is 0 Å². The van der Waals surface area contributed by atoms with E-state index in [2.05, 4.69) is 89.7 Å². The molecule has 5 nitrogen and oxygen atoms in total. The topological polar surface area (TPSA) is 36.7 Å². The number of rotatable bonds is 4. The van der Waals surface area contributed by atoms with E-state index >= 15 is 0 Å². The summed E-state index contributed by atoms with van der Waals surface area (Å²) < 4.78 is 2.06. The van der Waals surface area contributed by atoms with Gasteiger partial charge in [-0.05, 0) is 26.0 Å². The minimum atomic E-state index is 0.928. The highest BCUT2D eigenvalue weighted by Crippen LogP contribution is 2.33. The van der Waals surface area contributed by atoms with Crippen molar-refractivity contribution in [2.24, 2.45) is 0 Å². The standard InChI is InChI=1S/C26H29N5/c1-4-29-13-15-30(16-14-29)24-18-23(21-10-6-5-7-11-21)27-26-25(20(3)28-31(24)26)22-12-8-9-19(2)17-22/h5-12,17-18H,4,13-16H2,1-3H3. The van der Waals surface area contributed by atoms with E-state index in [1.807, 2.05) is 6.07 Å².